The van der Waals surface area contributed by atoms with Crippen molar-refractivity contribution in [2.45, 2.75) is 19.4 Å². The Labute approximate surface area is 88.6 Å². The molecule has 1 amide bonds. The molecule has 1 aromatic carbocycles. The normalized spacial score (nSPS) is 15.3. The van der Waals surface area contributed by atoms with Crippen LogP contribution in [-0.4, -0.2) is 13.0 Å². The van der Waals surface area contributed by atoms with Gasteiger partial charge in [0.05, 0.1) is 12.3 Å². The van der Waals surface area contributed by atoms with Crippen LogP contribution < -0.4 is 10.8 Å². The van der Waals surface area contributed by atoms with E-state index in [1.54, 1.807) is 11.9 Å². The third-order valence-corrected chi connectivity index (χ3v) is 2.76. The molecule has 0 aliphatic carbocycles. The van der Waals surface area contributed by atoms with Crippen molar-refractivity contribution in [2.75, 3.05) is 11.9 Å². The number of aryl methyl sites for hydroxylation is 1. The lowest BCUT2D eigenvalue weighted by atomic mass is 9.98. The number of nitrogens with two attached hydrogens (primary N) is 1. The average Bonchev–Trinajstić information content (AvgIpc) is 2.24. The van der Waals surface area contributed by atoms with Gasteiger partial charge in [-0.1, -0.05) is 18.2 Å². The monoisotopic (exact) mass is 206 g/mol. The van der Waals surface area contributed by atoms with Crippen LogP contribution >= 0.6 is 0 Å². The second-order valence-corrected chi connectivity index (χ2v) is 3.69. The van der Waals surface area contributed by atoms with Gasteiger partial charge in [-0.2, -0.15) is 0 Å². The van der Waals surface area contributed by atoms with Crippen LogP contribution in [0.25, 0.3) is 0 Å². The number of fused-ring (bicyclic) bond motifs is 1. The molecule has 0 fully saturated rings. The van der Waals surface area contributed by atoms with Gasteiger partial charge in [-0.25, -0.2) is 5.90 Å². The van der Waals surface area contributed by atoms with Gasteiger partial charge in [-0.3, -0.25) is 9.63 Å². The van der Waals surface area contributed by atoms with Gasteiger partial charge in [-0.15, -0.1) is 0 Å². The number of carbonyl (C=O) groups excluding carboxylic acids is 1. The smallest absolute Gasteiger partial charge is 0.227 e. The summed E-state index contributed by atoms with van der Waals surface area (Å²) in [6, 6.07) is 5.94. The summed E-state index contributed by atoms with van der Waals surface area (Å²) in [5.41, 5.74) is 3.11. The van der Waals surface area contributed by atoms with Gasteiger partial charge in [0.25, 0.3) is 0 Å². The van der Waals surface area contributed by atoms with Gasteiger partial charge >= 0.3 is 0 Å². The first kappa shape index (κ1) is 10.1. The molecule has 1 aliphatic rings. The minimum Gasteiger partial charge on any atom is -0.315 e. The first-order valence-corrected chi connectivity index (χ1v) is 4.93. The highest BCUT2D eigenvalue weighted by Gasteiger charge is 2.22. The van der Waals surface area contributed by atoms with Crippen LogP contribution in [0, 0.1) is 0 Å². The first-order chi connectivity index (χ1) is 7.24. The van der Waals surface area contributed by atoms with E-state index in [0.29, 0.717) is 13.0 Å². The highest BCUT2D eigenvalue weighted by molar-refractivity contribution is 5.96. The summed E-state index contributed by atoms with van der Waals surface area (Å²) in [4.78, 5) is 17.9. The second kappa shape index (κ2) is 4.00. The van der Waals surface area contributed by atoms with Crippen LogP contribution in [0.4, 0.5) is 5.69 Å². The topological polar surface area (TPSA) is 55.6 Å². The Balaban J connectivity index is 2.47. The molecule has 15 heavy (non-hydrogen) atoms. The average molecular weight is 206 g/mol. The van der Waals surface area contributed by atoms with E-state index in [0.717, 1.165) is 17.7 Å². The molecule has 0 bridgehead atoms. The molecule has 4 nitrogen and oxygen atoms in total. The highest BCUT2D eigenvalue weighted by atomic mass is 16.6. The fourth-order valence-corrected chi connectivity index (χ4v) is 2.02. The number of benzene rings is 1. The minimum absolute atomic E-state index is 0.145. The fourth-order valence-electron chi connectivity index (χ4n) is 2.02. The van der Waals surface area contributed by atoms with Crippen LogP contribution in [0.5, 0.6) is 0 Å². The van der Waals surface area contributed by atoms with Gasteiger partial charge in [0.2, 0.25) is 5.91 Å². The lowest BCUT2D eigenvalue weighted by molar-refractivity contribution is -0.118. The quantitative estimate of drug-likeness (QED) is 0.734. The maximum Gasteiger partial charge on any atom is 0.227 e. The van der Waals surface area contributed by atoms with E-state index in [1.165, 1.54) is 5.56 Å². The Morgan fingerprint density at radius 3 is 3.00 bits per heavy atom. The molecule has 1 aromatic rings. The van der Waals surface area contributed by atoms with Gasteiger partial charge < -0.3 is 4.90 Å². The second-order valence-electron chi connectivity index (χ2n) is 3.69. The number of hydrogen-bond acceptors (Lipinski definition) is 3. The van der Waals surface area contributed by atoms with Crippen molar-refractivity contribution in [2.24, 2.45) is 5.90 Å². The summed E-state index contributed by atoms with van der Waals surface area (Å²) in [7, 11) is 1.79. The Morgan fingerprint density at radius 1 is 1.47 bits per heavy atom. The molecule has 4 heteroatoms. The summed E-state index contributed by atoms with van der Waals surface area (Å²) >= 11 is 0. The molecule has 1 heterocycles. The lowest BCUT2D eigenvalue weighted by Crippen LogP contribution is -2.32. The van der Waals surface area contributed by atoms with Crippen molar-refractivity contribution in [3.8, 4) is 0 Å². The third kappa shape index (κ3) is 1.73. The molecule has 0 atom stereocenters. The number of nitrogens with zero attached hydrogens (tertiary/aromatic N) is 1. The largest absolute Gasteiger partial charge is 0.315 e. The van der Waals surface area contributed by atoms with E-state index in [1.807, 2.05) is 18.2 Å². The number of anilines is 1. The van der Waals surface area contributed by atoms with E-state index in [4.69, 9.17) is 5.90 Å². The summed E-state index contributed by atoms with van der Waals surface area (Å²) < 4.78 is 0. The van der Waals surface area contributed by atoms with Crippen LogP contribution in [0.3, 0.4) is 0 Å². The van der Waals surface area contributed by atoms with E-state index in [9.17, 15) is 4.79 Å². The summed E-state index contributed by atoms with van der Waals surface area (Å²) in [6.07, 6.45) is 1.38. The Morgan fingerprint density at radius 2 is 2.27 bits per heavy atom. The van der Waals surface area contributed by atoms with E-state index >= 15 is 0 Å². The summed E-state index contributed by atoms with van der Waals surface area (Å²) in [5.74, 6) is 5.22. The molecule has 2 N–H and O–H groups in total. The van der Waals surface area contributed by atoms with Gasteiger partial charge in [0.1, 0.15) is 0 Å². The number of amides is 1. The molecule has 0 spiro atoms. The zero-order chi connectivity index (χ0) is 10.8. The van der Waals surface area contributed by atoms with Crippen molar-refractivity contribution < 1.29 is 9.63 Å². The molecule has 0 unspecified atom stereocenters. The Kier molecular flexibility index (Phi) is 2.70. The molecule has 2 rings (SSSR count). The van der Waals surface area contributed by atoms with E-state index in [-0.39, 0.29) is 5.91 Å². The van der Waals surface area contributed by atoms with Crippen LogP contribution in [-0.2, 0) is 22.7 Å². The molecular formula is C11H14N2O2. The standard InChI is InChI=1S/C11H14N2O2/c1-13-10(14)6-5-8-3-2-4-9(7-15-12)11(8)13/h2-4H,5-7,12H2,1H3. The molecule has 0 saturated carbocycles. The van der Waals surface area contributed by atoms with E-state index in [2.05, 4.69) is 4.84 Å². The molecule has 0 aromatic heterocycles. The first-order valence-electron chi connectivity index (χ1n) is 4.93. The van der Waals surface area contributed by atoms with Crippen molar-refractivity contribution >= 4 is 11.6 Å². The highest BCUT2D eigenvalue weighted by Crippen LogP contribution is 2.30. The lowest BCUT2D eigenvalue weighted by Gasteiger charge is -2.27. The van der Waals surface area contributed by atoms with Crippen molar-refractivity contribution in [1.29, 1.82) is 0 Å². The van der Waals surface area contributed by atoms with Crippen molar-refractivity contribution in [1.82, 2.24) is 0 Å². The zero-order valence-corrected chi connectivity index (χ0v) is 8.69. The predicted octanol–water partition coefficient (Wildman–Crippen LogP) is 0.986. The molecule has 0 radical (unpaired) electrons. The summed E-state index contributed by atoms with van der Waals surface area (Å²) in [6.45, 7) is 0.334. The van der Waals surface area contributed by atoms with E-state index < -0.39 is 0 Å². The third-order valence-electron chi connectivity index (χ3n) is 2.76. The Hall–Kier alpha value is -1.39. The molecule has 0 saturated heterocycles. The SMILES string of the molecule is CN1C(=O)CCc2cccc(CON)c21. The van der Waals surface area contributed by atoms with Gasteiger partial charge in [0.15, 0.2) is 0 Å². The van der Waals surface area contributed by atoms with Crippen molar-refractivity contribution in [3.05, 3.63) is 29.3 Å². The van der Waals surface area contributed by atoms with Crippen LogP contribution in [0.2, 0.25) is 0 Å². The number of rotatable bonds is 2. The van der Waals surface area contributed by atoms with Gasteiger partial charge in [-0.05, 0) is 12.0 Å². The van der Waals surface area contributed by atoms with Gasteiger partial charge in [0, 0.05) is 19.0 Å². The Bertz CT molecular complexity index is 390. The molecule has 80 valence electrons. The number of hydrogen-bond donors (Lipinski definition) is 1. The number of carbonyl (C=O) groups is 1. The fraction of sp³-hybridized carbons (Fsp3) is 0.364. The summed E-state index contributed by atoms with van der Waals surface area (Å²) in [5, 5.41) is 0. The number of para-hydroxylation sites is 1. The maximum atomic E-state index is 11.6. The maximum absolute atomic E-state index is 11.6. The molecular weight excluding hydrogens is 192 g/mol. The minimum atomic E-state index is 0.145. The van der Waals surface area contributed by atoms with Crippen LogP contribution in [0.15, 0.2) is 18.2 Å². The van der Waals surface area contributed by atoms with Crippen molar-refractivity contribution in [3.63, 3.8) is 0 Å². The molecule has 1 aliphatic heterocycles. The zero-order valence-electron chi connectivity index (χ0n) is 8.69. The predicted molar refractivity (Wildman–Crippen MR) is 57.1 cm³/mol. The van der Waals surface area contributed by atoms with Crippen LogP contribution in [0.1, 0.15) is 17.5 Å².